The minimum absolute atomic E-state index is 0.166. The Labute approximate surface area is 166 Å². The van der Waals surface area contributed by atoms with Gasteiger partial charge in [0.2, 0.25) is 6.79 Å². The average Bonchev–Trinajstić information content (AvgIpc) is 3.40. The second-order valence-corrected chi connectivity index (χ2v) is 7.38. The molecular weight excluding hydrogens is 378 g/mol. The summed E-state index contributed by atoms with van der Waals surface area (Å²) in [6.45, 7) is 5.51. The van der Waals surface area contributed by atoms with Crippen molar-refractivity contribution in [1.29, 1.82) is 0 Å². The normalized spacial score (nSPS) is 12.2. The van der Waals surface area contributed by atoms with Gasteiger partial charge in [-0.2, -0.15) is 5.10 Å². The van der Waals surface area contributed by atoms with Crippen molar-refractivity contribution in [2.75, 3.05) is 12.1 Å². The van der Waals surface area contributed by atoms with Gasteiger partial charge in [-0.05, 0) is 36.9 Å². The molecule has 0 aliphatic carbocycles. The number of benzene rings is 1. The Balaban J connectivity index is 1.36. The Morgan fingerprint density at radius 3 is 3.00 bits per heavy atom. The lowest BCUT2D eigenvalue weighted by molar-refractivity contribution is 0.103. The molecular formula is C20H21N3O4S. The van der Waals surface area contributed by atoms with Crippen molar-refractivity contribution in [3.05, 3.63) is 51.8 Å². The van der Waals surface area contributed by atoms with E-state index in [2.05, 4.69) is 17.3 Å². The number of fused-ring (bicyclic) bond motifs is 1. The molecule has 0 fully saturated rings. The van der Waals surface area contributed by atoms with Crippen molar-refractivity contribution in [3.63, 3.8) is 0 Å². The first-order valence-corrected chi connectivity index (χ1v) is 9.96. The van der Waals surface area contributed by atoms with Crippen LogP contribution in [0.2, 0.25) is 0 Å². The van der Waals surface area contributed by atoms with Gasteiger partial charge in [-0.25, -0.2) is 0 Å². The van der Waals surface area contributed by atoms with Crippen LogP contribution < -0.4 is 19.5 Å². The van der Waals surface area contributed by atoms with Crippen LogP contribution in [0.3, 0.4) is 0 Å². The van der Waals surface area contributed by atoms with E-state index < -0.39 is 0 Å². The van der Waals surface area contributed by atoms with E-state index in [9.17, 15) is 4.79 Å². The van der Waals surface area contributed by atoms with Crippen LogP contribution in [0.15, 0.2) is 35.7 Å². The second kappa shape index (κ2) is 7.93. The van der Waals surface area contributed by atoms with E-state index in [4.69, 9.17) is 14.2 Å². The summed E-state index contributed by atoms with van der Waals surface area (Å²) in [5, 5.41) is 9.20. The van der Waals surface area contributed by atoms with Gasteiger partial charge in [0.25, 0.3) is 5.91 Å². The standard InChI is InChI=1S/C20H21N3O4S/c1-3-6-23-13(2)7-19(22-23)21-20(24)18-8-14(11-28-18)10-25-15-4-5-16-17(9-15)27-12-26-16/h4-5,7-9,11H,3,6,10,12H2,1-2H3,(H,21,22,24). The quantitative estimate of drug-likeness (QED) is 0.644. The van der Waals surface area contributed by atoms with Crippen LogP contribution >= 0.6 is 11.3 Å². The lowest BCUT2D eigenvalue weighted by Gasteiger charge is -2.05. The third-order valence-electron chi connectivity index (χ3n) is 4.29. The molecule has 0 unspecified atom stereocenters. The average molecular weight is 399 g/mol. The molecule has 1 aromatic carbocycles. The number of ether oxygens (including phenoxy) is 3. The molecule has 28 heavy (non-hydrogen) atoms. The van der Waals surface area contributed by atoms with E-state index in [-0.39, 0.29) is 12.7 Å². The smallest absolute Gasteiger partial charge is 0.266 e. The maximum absolute atomic E-state index is 12.5. The van der Waals surface area contributed by atoms with Crippen LogP contribution in [-0.2, 0) is 13.2 Å². The lowest BCUT2D eigenvalue weighted by Crippen LogP contribution is -2.11. The van der Waals surface area contributed by atoms with Gasteiger partial charge in [0.1, 0.15) is 12.4 Å². The Morgan fingerprint density at radius 1 is 1.29 bits per heavy atom. The van der Waals surface area contributed by atoms with E-state index >= 15 is 0 Å². The summed E-state index contributed by atoms with van der Waals surface area (Å²) in [5.74, 6) is 2.50. The maximum Gasteiger partial charge on any atom is 0.266 e. The summed E-state index contributed by atoms with van der Waals surface area (Å²) in [5.41, 5.74) is 1.96. The van der Waals surface area contributed by atoms with Crippen LogP contribution in [0.1, 0.15) is 34.3 Å². The van der Waals surface area contributed by atoms with Crippen molar-refractivity contribution < 1.29 is 19.0 Å². The molecule has 1 amide bonds. The SMILES string of the molecule is CCCn1nc(NC(=O)c2cc(COc3ccc4c(c3)OCO4)cs2)cc1C. The van der Waals surface area contributed by atoms with E-state index in [1.165, 1.54) is 11.3 Å². The highest BCUT2D eigenvalue weighted by atomic mass is 32.1. The highest BCUT2D eigenvalue weighted by Gasteiger charge is 2.15. The zero-order chi connectivity index (χ0) is 19.5. The molecule has 1 aliphatic heterocycles. The number of nitrogens with zero attached hydrogens (tertiary/aromatic N) is 2. The predicted octanol–water partition coefficient (Wildman–Crippen LogP) is 4.22. The Kier molecular flexibility index (Phi) is 5.21. The molecule has 2 aromatic heterocycles. The summed E-state index contributed by atoms with van der Waals surface area (Å²) >= 11 is 1.38. The molecule has 4 rings (SSSR count). The van der Waals surface area contributed by atoms with Gasteiger partial charge in [0, 0.05) is 29.9 Å². The lowest BCUT2D eigenvalue weighted by atomic mass is 10.3. The molecule has 8 heteroatoms. The Morgan fingerprint density at radius 2 is 2.14 bits per heavy atom. The zero-order valence-corrected chi connectivity index (χ0v) is 16.5. The molecule has 0 spiro atoms. The molecule has 3 aromatic rings. The minimum Gasteiger partial charge on any atom is -0.489 e. The maximum atomic E-state index is 12.5. The van der Waals surface area contributed by atoms with Gasteiger partial charge in [-0.3, -0.25) is 9.48 Å². The second-order valence-electron chi connectivity index (χ2n) is 6.47. The summed E-state index contributed by atoms with van der Waals surface area (Å²) in [6, 6.07) is 9.18. The number of hydrogen-bond donors (Lipinski definition) is 1. The number of thiophene rings is 1. The number of carbonyl (C=O) groups is 1. The molecule has 146 valence electrons. The van der Waals surface area contributed by atoms with Gasteiger partial charge in [0.05, 0.1) is 4.88 Å². The molecule has 1 N–H and O–H groups in total. The van der Waals surface area contributed by atoms with Crippen molar-refractivity contribution in [3.8, 4) is 17.2 Å². The largest absolute Gasteiger partial charge is 0.489 e. The predicted molar refractivity (Wildman–Crippen MR) is 106 cm³/mol. The summed E-state index contributed by atoms with van der Waals surface area (Å²) in [4.78, 5) is 13.1. The highest BCUT2D eigenvalue weighted by molar-refractivity contribution is 7.12. The van der Waals surface area contributed by atoms with Crippen molar-refractivity contribution in [2.24, 2.45) is 0 Å². The van der Waals surface area contributed by atoms with Crippen LogP contribution in [0.25, 0.3) is 0 Å². The van der Waals surface area contributed by atoms with Gasteiger partial charge >= 0.3 is 0 Å². The number of anilines is 1. The molecule has 0 radical (unpaired) electrons. The number of amides is 1. The Hall–Kier alpha value is -3.00. The number of aromatic nitrogens is 2. The first kappa shape index (κ1) is 18.4. The topological polar surface area (TPSA) is 74.6 Å². The monoisotopic (exact) mass is 399 g/mol. The van der Waals surface area contributed by atoms with Gasteiger partial charge < -0.3 is 19.5 Å². The van der Waals surface area contributed by atoms with Crippen molar-refractivity contribution in [1.82, 2.24) is 9.78 Å². The van der Waals surface area contributed by atoms with E-state index in [0.29, 0.717) is 28.8 Å². The number of hydrogen-bond acceptors (Lipinski definition) is 6. The first-order valence-electron chi connectivity index (χ1n) is 9.08. The molecule has 0 saturated carbocycles. The third kappa shape index (κ3) is 3.96. The number of aryl methyl sites for hydroxylation is 2. The molecule has 7 nitrogen and oxygen atoms in total. The molecule has 1 aliphatic rings. The van der Waals surface area contributed by atoms with Crippen molar-refractivity contribution >= 4 is 23.1 Å². The Bertz CT molecular complexity index is 995. The number of nitrogens with one attached hydrogen (secondary N) is 1. The summed E-state index contributed by atoms with van der Waals surface area (Å²) < 4.78 is 18.3. The minimum atomic E-state index is -0.166. The molecule has 0 bridgehead atoms. The van der Waals surface area contributed by atoms with Gasteiger partial charge in [-0.1, -0.05) is 6.92 Å². The van der Waals surface area contributed by atoms with Crippen LogP contribution in [0, 0.1) is 6.92 Å². The zero-order valence-electron chi connectivity index (χ0n) is 15.7. The summed E-state index contributed by atoms with van der Waals surface area (Å²) in [7, 11) is 0. The highest BCUT2D eigenvalue weighted by Crippen LogP contribution is 2.35. The molecule has 0 atom stereocenters. The fourth-order valence-corrected chi connectivity index (χ4v) is 3.68. The third-order valence-corrected chi connectivity index (χ3v) is 5.26. The first-order chi connectivity index (χ1) is 13.6. The van der Waals surface area contributed by atoms with E-state index in [1.54, 1.807) is 6.07 Å². The van der Waals surface area contributed by atoms with Crippen molar-refractivity contribution in [2.45, 2.75) is 33.4 Å². The van der Waals surface area contributed by atoms with Crippen LogP contribution in [-0.4, -0.2) is 22.5 Å². The molecule has 0 saturated heterocycles. The van der Waals surface area contributed by atoms with Crippen LogP contribution in [0.5, 0.6) is 17.2 Å². The fourth-order valence-electron chi connectivity index (χ4n) is 2.89. The fraction of sp³-hybridized carbons (Fsp3) is 0.300. The molecule has 3 heterocycles. The van der Waals surface area contributed by atoms with Crippen LogP contribution in [0.4, 0.5) is 5.82 Å². The van der Waals surface area contributed by atoms with E-state index in [1.807, 2.05) is 41.3 Å². The van der Waals surface area contributed by atoms with Gasteiger partial charge in [0.15, 0.2) is 17.3 Å². The number of rotatable bonds is 7. The number of carbonyl (C=O) groups excluding carboxylic acids is 1. The summed E-state index contributed by atoms with van der Waals surface area (Å²) in [6.07, 6.45) is 0.994. The van der Waals surface area contributed by atoms with Gasteiger partial charge in [-0.15, -0.1) is 11.3 Å². The van der Waals surface area contributed by atoms with E-state index in [0.717, 1.165) is 30.0 Å².